The molecular weight excluding hydrogens is 200 g/mol. The van der Waals surface area contributed by atoms with E-state index in [-0.39, 0.29) is 5.91 Å². The fraction of sp³-hybridized carbons (Fsp3) is 0.900. The minimum absolute atomic E-state index is 0.251. The van der Waals surface area contributed by atoms with Gasteiger partial charge in [0.25, 0.3) is 0 Å². The lowest BCUT2D eigenvalue weighted by Crippen LogP contribution is -2.35. The van der Waals surface area contributed by atoms with Crippen LogP contribution in [0.5, 0.6) is 0 Å². The van der Waals surface area contributed by atoms with Gasteiger partial charge in [-0.25, -0.2) is 0 Å². The third-order valence-corrected chi connectivity index (χ3v) is 2.88. The van der Waals surface area contributed by atoms with Gasteiger partial charge in [0, 0.05) is 38.0 Å². The van der Waals surface area contributed by atoms with Crippen molar-refractivity contribution in [2.75, 3.05) is 25.5 Å². The third-order valence-electron chi connectivity index (χ3n) is 2.45. The van der Waals surface area contributed by atoms with Crippen LogP contribution in [-0.2, 0) is 4.79 Å². The summed E-state index contributed by atoms with van der Waals surface area (Å²) in [4.78, 5) is 13.4. The van der Waals surface area contributed by atoms with E-state index in [1.807, 2.05) is 4.90 Å². The number of nitrogens with zero attached hydrogens (tertiary/aromatic N) is 1. The molecule has 3 nitrogen and oxygen atoms in total. The van der Waals surface area contributed by atoms with Crippen molar-refractivity contribution in [3.8, 4) is 0 Å². The van der Waals surface area contributed by atoms with Gasteiger partial charge >= 0.3 is 0 Å². The minimum atomic E-state index is 0.251. The largest absolute Gasteiger partial charge is 0.341 e. The van der Waals surface area contributed by atoms with Gasteiger partial charge in [0.05, 0.1) is 0 Å². The second kappa shape index (κ2) is 5.56. The van der Waals surface area contributed by atoms with Crippen molar-refractivity contribution in [1.82, 2.24) is 10.2 Å². The Kier molecular flexibility index (Phi) is 4.69. The van der Waals surface area contributed by atoms with Crippen molar-refractivity contribution in [1.29, 1.82) is 0 Å². The van der Waals surface area contributed by atoms with Crippen molar-refractivity contribution >= 4 is 17.5 Å². The Hall–Kier alpha value is -0.280. The van der Waals surface area contributed by atoms with Crippen LogP contribution in [0.2, 0.25) is 0 Å². The highest BCUT2D eigenvalue weighted by Gasteiger charge is 2.28. The van der Waals surface area contributed by atoms with Crippen LogP contribution in [0.15, 0.2) is 0 Å². The minimum Gasteiger partial charge on any atom is -0.341 e. The van der Waals surface area contributed by atoms with Crippen LogP contribution in [0.25, 0.3) is 0 Å². The van der Waals surface area contributed by atoms with Gasteiger partial charge in [-0.1, -0.05) is 13.8 Å². The first-order valence-corrected chi connectivity index (χ1v) is 5.74. The van der Waals surface area contributed by atoms with E-state index in [4.69, 9.17) is 11.6 Å². The van der Waals surface area contributed by atoms with Crippen molar-refractivity contribution < 1.29 is 4.79 Å². The highest BCUT2D eigenvalue weighted by Crippen LogP contribution is 2.17. The lowest BCUT2D eigenvalue weighted by atomic mass is 10.1. The standard InChI is InChI=1S/C10H19ClN2O/c1-8(2)12-3-4-13-7-9(6-11)5-10(13)14/h8-9,12H,3-7H2,1-2H3. The maximum Gasteiger partial charge on any atom is 0.223 e. The maximum absolute atomic E-state index is 11.5. The Balaban J connectivity index is 2.21. The van der Waals surface area contributed by atoms with Crippen LogP contribution in [-0.4, -0.2) is 42.4 Å². The number of hydrogen-bond acceptors (Lipinski definition) is 2. The number of alkyl halides is 1. The summed E-state index contributed by atoms with van der Waals surface area (Å²) in [5.41, 5.74) is 0. The monoisotopic (exact) mass is 218 g/mol. The van der Waals surface area contributed by atoms with E-state index in [9.17, 15) is 4.79 Å². The van der Waals surface area contributed by atoms with E-state index >= 15 is 0 Å². The summed E-state index contributed by atoms with van der Waals surface area (Å²) in [6.45, 7) is 6.73. The molecule has 1 fully saturated rings. The topological polar surface area (TPSA) is 32.3 Å². The molecule has 1 amide bonds. The van der Waals surface area contributed by atoms with Gasteiger partial charge in [-0.15, -0.1) is 11.6 Å². The second-order valence-electron chi connectivity index (χ2n) is 4.17. The van der Waals surface area contributed by atoms with E-state index in [1.165, 1.54) is 0 Å². The molecule has 0 radical (unpaired) electrons. The molecule has 0 aromatic rings. The Labute approximate surface area is 90.8 Å². The molecule has 0 aliphatic carbocycles. The average molecular weight is 219 g/mol. The smallest absolute Gasteiger partial charge is 0.223 e. The zero-order valence-corrected chi connectivity index (χ0v) is 9.68. The predicted octanol–water partition coefficient (Wildman–Crippen LogP) is 1.07. The van der Waals surface area contributed by atoms with Crippen molar-refractivity contribution in [2.45, 2.75) is 26.3 Å². The number of nitrogens with one attached hydrogen (secondary N) is 1. The molecule has 4 heteroatoms. The molecule has 1 N–H and O–H groups in total. The lowest BCUT2D eigenvalue weighted by molar-refractivity contribution is -0.127. The number of carbonyl (C=O) groups is 1. The molecule has 1 rings (SSSR count). The maximum atomic E-state index is 11.5. The summed E-state index contributed by atoms with van der Waals surface area (Å²) in [6.07, 6.45) is 0.630. The van der Waals surface area contributed by atoms with Crippen LogP contribution in [0.3, 0.4) is 0 Å². The first-order valence-electron chi connectivity index (χ1n) is 5.20. The highest BCUT2D eigenvalue weighted by atomic mass is 35.5. The van der Waals surface area contributed by atoms with Gasteiger partial charge in [0.1, 0.15) is 0 Å². The normalized spacial score (nSPS) is 22.4. The van der Waals surface area contributed by atoms with Gasteiger partial charge in [0.2, 0.25) is 5.91 Å². The van der Waals surface area contributed by atoms with E-state index in [2.05, 4.69) is 19.2 Å². The Bertz CT molecular complexity index is 197. The molecule has 82 valence electrons. The molecule has 0 aromatic carbocycles. The molecule has 0 spiro atoms. The summed E-state index contributed by atoms with van der Waals surface area (Å²) in [6, 6.07) is 0.483. The van der Waals surface area contributed by atoms with E-state index in [0.29, 0.717) is 24.3 Å². The molecule has 1 saturated heterocycles. The van der Waals surface area contributed by atoms with E-state index in [1.54, 1.807) is 0 Å². The summed E-state index contributed by atoms with van der Waals surface area (Å²) in [5.74, 6) is 1.21. The highest BCUT2D eigenvalue weighted by molar-refractivity contribution is 6.18. The van der Waals surface area contributed by atoms with Crippen molar-refractivity contribution in [3.63, 3.8) is 0 Å². The number of likely N-dealkylation sites (tertiary alicyclic amines) is 1. The molecule has 1 unspecified atom stereocenters. The Morgan fingerprint density at radius 3 is 2.86 bits per heavy atom. The van der Waals surface area contributed by atoms with Crippen LogP contribution < -0.4 is 5.32 Å². The van der Waals surface area contributed by atoms with Gasteiger partial charge in [-0.3, -0.25) is 4.79 Å². The molecule has 1 aliphatic rings. The van der Waals surface area contributed by atoms with Crippen LogP contribution in [0.1, 0.15) is 20.3 Å². The van der Waals surface area contributed by atoms with Gasteiger partial charge in [0.15, 0.2) is 0 Å². The van der Waals surface area contributed by atoms with Crippen molar-refractivity contribution in [3.05, 3.63) is 0 Å². The zero-order chi connectivity index (χ0) is 10.6. The summed E-state index contributed by atoms with van der Waals surface area (Å²) < 4.78 is 0. The van der Waals surface area contributed by atoms with Crippen LogP contribution >= 0.6 is 11.6 Å². The molecule has 14 heavy (non-hydrogen) atoms. The van der Waals surface area contributed by atoms with E-state index < -0.39 is 0 Å². The first kappa shape index (κ1) is 11.8. The quantitative estimate of drug-likeness (QED) is 0.701. The summed E-state index contributed by atoms with van der Waals surface area (Å²) >= 11 is 5.73. The van der Waals surface area contributed by atoms with Crippen LogP contribution in [0.4, 0.5) is 0 Å². The van der Waals surface area contributed by atoms with Gasteiger partial charge < -0.3 is 10.2 Å². The number of carbonyl (C=O) groups excluding carboxylic acids is 1. The Morgan fingerprint density at radius 1 is 1.64 bits per heavy atom. The fourth-order valence-corrected chi connectivity index (χ4v) is 1.87. The first-order chi connectivity index (χ1) is 6.63. The average Bonchev–Trinajstić information content (AvgIpc) is 2.47. The number of halogens is 1. The zero-order valence-electron chi connectivity index (χ0n) is 8.92. The van der Waals surface area contributed by atoms with E-state index in [0.717, 1.165) is 19.6 Å². The molecular formula is C10H19ClN2O. The fourth-order valence-electron chi connectivity index (χ4n) is 1.66. The lowest BCUT2D eigenvalue weighted by Gasteiger charge is -2.17. The third kappa shape index (κ3) is 3.46. The number of hydrogen-bond donors (Lipinski definition) is 1. The molecule has 0 saturated carbocycles. The second-order valence-corrected chi connectivity index (χ2v) is 4.48. The molecule has 0 aromatic heterocycles. The summed E-state index contributed by atoms with van der Waals surface area (Å²) in [7, 11) is 0. The molecule has 1 atom stereocenters. The number of amides is 1. The summed E-state index contributed by atoms with van der Waals surface area (Å²) in [5, 5.41) is 3.30. The van der Waals surface area contributed by atoms with Gasteiger partial charge in [-0.2, -0.15) is 0 Å². The Morgan fingerprint density at radius 2 is 2.36 bits per heavy atom. The van der Waals surface area contributed by atoms with Crippen LogP contribution in [0, 0.1) is 5.92 Å². The SMILES string of the molecule is CC(C)NCCN1CC(CCl)CC1=O. The van der Waals surface area contributed by atoms with Gasteiger partial charge in [-0.05, 0) is 5.92 Å². The predicted molar refractivity (Wildman–Crippen MR) is 58.5 cm³/mol. The molecule has 1 aliphatic heterocycles. The van der Waals surface area contributed by atoms with Crippen molar-refractivity contribution in [2.24, 2.45) is 5.92 Å². The number of rotatable bonds is 5. The molecule has 1 heterocycles. The molecule has 0 bridgehead atoms.